The molecule has 33 nitrogen and oxygen atoms in total. The number of aromatic nitrogens is 24. The van der Waals surface area contributed by atoms with Gasteiger partial charge in [-0.05, 0) is 232 Å². The third-order valence-corrected chi connectivity index (χ3v) is 27.3. The van der Waals surface area contributed by atoms with E-state index in [2.05, 4.69) is 119 Å². The molecule has 4 aliphatic rings. The third kappa shape index (κ3) is 20.9. The number of hydrogen-bond acceptors (Lipinski definition) is 28. The fourth-order valence-electron chi connectivity index (χ4n) is 17.4. The lowest BCUT2D eigenvalue weighted by Crippen LogP contribution is -2.39. The Morgan fingerprint density at radius 1 is 0.397 bits per heavy atom. The van der Waals surface area contributed by atoms with Gasteiger partial charge in [0.2, 0.25) is 5.91 Å². The fraction of sp³-hybridized carbons (Fsp3) is 0.449. The van der Waals surface area contributed by atoms with E-state index in [-0.39, 0.29) is 18.0 Å². The van der Waals surface area contributed by atoms with Gasteiger partial charge in [-0.15, -0.1) is 0 Å². The number of aryl methyl sites for hydroxylation is 8. The van der Waals surface area contributed by atoms with Crippen LogP contribution in [0.5, 0.6) is 0 Å². The number of carbonyl (C=O) groups is 1. The minimum atomic E-state index is -0.565. The van der Waals surface area contributed by atoms with Crippen LogP contribution in [0.4, 0.5) is 23.3 Å². The van der Waals surface area contributed by atoms with Crippen LogP contribution < -0.4 is 26.6 Å². The first-order valence-electron chi connectivity index (χ1n) is 43.3. The van der Waals surface area contributed by atoms with Crippen LogP contribution in [-0.4, -0.2) is 188 Å². The smallest absolute Gasteiger partial charge is 0.217 e. The predicted octanol–water partition coefficient (Wildman–Crippen LogP) is 14.7. The van der Waals surface area contributed by atoms with Crippen molar-refractivity contribution in [2.75, 3.05) is 35.5 Å². The predicted molar refractivity (Wildman–Crippen MR) is 494 cm³/mol. The molecule has 658 valence electrons. The highest BCUT2D eigenvalue weighted by molar-refractivity contribution is 7.06. The lowest BCUT2D eigenvalue weighted by molar-refractivity contribution is -0.119. The molecule has 0 spiro atoms. The van der Waals surface area contributed by atoms with Crippen LogP contribution >= 0.6 is 46.1 Å². The highest BCUT2D eigenvalue weighted by Crippen LogP contribution is 2.37. The zero-order chi connectivity index (χ0) is 87.3. The van der Waals surface area contributed by atoms with Gasteiger partial charge in [0, 0.05) is 174 Å². The third-order valence-electron chi connectivity index (χ3n) is 23.8. The molecule has 0 atom stereocenters. The van der Waals surface area contributed by atoms with Crippen molar-refractivity contribution in [1.82, 2.24) is 120 Å². The van der Waals surface area contributed by atoms with Crippen molar-refractivity contribution in [1.29, 1.82) is 0 Å². The maximum atomic E-state index is 11.4. The van der Waals surface area contributed by atoms with Gasteiger partial charge in [-0.1, -0.05) is 0 Å². The number of amides is 1. The molecular formula is C89H109N29O4S4. The van der Waals surface area contributed by atoms with Crippen molar-refractivity contribution in [3.05, 3.63) is 188 Å². The monoisotopic (exact) mass is 1780 g/mol. The van der Waals surface area contributed by atoms with Crippen molar-refractivity contribution < 1.29 is 19.4 Å². The Morgan fingerprint density at radius 3 is 0.881 bits per heavy atom. The molecular weight excluding hydrogens is 1670 g/mol. The molecule has 0 unspecified atom stereocenters. The van der Waals surface area contributed by atoms with E-state index in [9.17, 15) is 9.90 Å². The molecule has 0 aromatic carbocycles. The molecule has 1 amide bonds. The lowest BCUT2D eigenvalue weighted by Gasteiger charge is -2.33. The summed E-state index contributed by atoms with van der Waals surface area (Å²) in [7, 11) is 11.3. The molecule has 16 heterocycles. The second kappa shape index (κ2) is 38.3. The highest BCUT2D eigenvalue weighted by atomic mass is 32.1. The first kappa shape index (κ1) is 86.5. The number of methoxy groups -OCH3 is 2. The van der Waals surface area contributed by atoms with Gasteiger partial charge >= 0.3 is 0 Å². The molecule has 16 aromatic rings. The van der Waals surface area contributed by atoms with Crippen molar-refractivity contribution in [3.8, 4) is 22.7 Å². The Kier molecular flexibility index (Phi) is 26.3. The Balaban J connectivity index is 0.000000119. The molecule has 4 saturated carbocycles. The molecule has 20 rings (SSSR count). The molecule has 126 heavy (non-hydrogen) atoms. The van der Waals surface area contributed by atoms with Gasteiger partial charge in [0.25, 0.3) is 0 Å². The normalized spacial score (nSPS) is 19.6. The van der Waals surface area contributed by atoms with E-state index in [0.29, 0.717) is 56.0 Å². The number of hydrogen-bond donors (Lipinski definition) is 6. The Hall–Kier alpha value is -11.6. The fourth-order valence-corrected chi connectivity index (χ4v) is 20.3. The van der Waals surface area contributed by atoms with Gasteiger partial charge < -0.3 is 59.4 Å². The number of fused-ring (bicyclic) bond motifs is 4. The summed E-state index contributed by atoms with van der Waals surface area (Å²) in [5.41, 5.74) is 15.1. The SMILES string of the molecule is CC(=O)NC1CCC(Nc2nc(Cc3cc(C)ns3)nc3ccn(-c4cnn(C)c4)c23)CC1.COC1CCC(Nc2nc(Cc3cc(C)ns3)nc3ccn(-c4cnn(C)c4)c23)CC1.COC1CCC(Nc2nc(Cc3cc(C)ns3)nc3ccn(-c4cnn(C)c4)c23)CC1.Cc1cc(Cc2nc(NC3CCC(C)(O)CC3)c3c(ccn3-c3cnn(C)c3)n2)sn1. The zero-order valence-electron chi connectivity index (χ0n) is 73.3. The first-order chi connectivity index (χ1) is 61.0. The summed E-state index contributed by atoms with van der Waals surface area (Å²) >= 11 is 6.04. The molecule has 0 radical (unpaired) electrons. The molecule has 4 aliphatic carbocycles. The van der Waals surface area contributed by atoms with E-state index in [1.54, 1.807) is 30.5 Å². The Morgan fingerprint density at radius 2 is 0.651 bits per heavy atom. The number of aliphatic hydroxyl groups is 1. The lowest BCUT2D eigenvalue weighted by atomic mass is 9.84. The van der Waals surface area contributed by atoms with Gasteiger partial charge in [0.1, 0.15) is 45.4 Å². The van der Waals surface area contributed by atoms with Crippen LogP contribution in [0.3, 0.4) is 0 Å². The largest absolute Gasteiger partial charge is 0.390 e. The molecule has 0 bridgehead atoms. The van der Waals surface area contributed by atoms with Crippen LogP contribution in [0.25, 0.3) is 66.9 Å². The maximum Gasteiger partial charge on any atom is 0.217 e. The number of nitrogens with zero attached hydrogens (tertiary/aromatic N) is 24. The van der Waals surface area contributed by atoms with E-state index in [1.165, 1.54) is 55.9 Å². The second-order valence-electron chi connectivity index (χ2n) is 34.1. The van der Waals surface area contributed by atoms with Crippen LogP contribution in [-0.2, 0) is 68.1 Å². The second-order valence-corrected chi connectivity index (χ2v) is 37.6. The molecule has 16 aromatic heterocycles. The standard InChI is InChI=1S/C23H28N8OS.3C22H27N7OS/c1-14-10-19(33-29-14)11-21-27-20-8-9-31(18-12-24-30(3)13-18)22(20)23(28-21)26-17-6-4-16(5-7-17)25-15(2)32;1-14-10-17(31-27-14)11-19-25-18-6-9-29(16-12-23-28(3)13-16)20(18)21(26-19)24-15-4-7-22(2,30)8-5-15;2*1-14-10-18(31-27-14)11-20-25-19-8-9-29(16-12-23-28(2)13-16)21(19)22(26-20)24-15-4-6-17(30-3)7-5-15/h8-10,12-13,16-17H,4-7,11H2,1-3H3,(H,25,32)(H,26,27,28);6,9-10,12-13,15,30H,4-5,7-8,11H2,1-3H3,(H,24,25,26);2*8-10,12-13,15,17H,4-7,11H2,1-3H3,(H,24,25,26). The number of ether oxygens (including phenoxy) is 2. The van der Waals surface area contributed by atoms with E-state index >= 15 is 0 Å². The zero-order valence-corrected chi connectivity index (χ0v) is 76.5. The van der Waals surface area contributed by atoms with Crippen molar-refractivity contribution in [2.45, 2.75) is 218 Å². The minimum absolute atomic E-state index is 0.0427. The summed E-state index contributed by atoms with van der Waals surface area (Å²) in [6.45, 7) is 11.5. The Labute approximate surface area is 747 Å². The van der Waals surface area contributed by atoms with E-state index in [0.717, 1.165) is 249 Å². The highest BCUT2D eigenvalue weighted by Gasteiger charge is 2.32. The van der Waals surface area contributed by atoms with Crippen LogP contribution in [0.2, 0.25) is 0 Å². The van der Waals surface area contributed by atoms with Crippen molar-refractivity contribution in [2.24, 2.45) is 28.2 Å². The van der Waals surface area contributed by atoms with Crippen LogP contribution in [0, 0.1) is 27.7 Å². The number of rotatable bonds is 23. The maximum absolute atomic E-state index is 11.4. The molecule has 37 heteroatoms. The van der Waals surface area contributed by atoms with E-state index in [1.807, 2.05) is 159 Å². The molecule has 6 N–H and O–H groups in total. The summed E-state index contributed by atoms with van der Waals surface area (Å²) < 4.78 is 44.3. The summed E-state index contributed by atoms with van der Waals surface area (Å²) in [4.78, 5) is 55.4. The average molecular weight is 1780 g/mol. The number of carbonyl (C=O) groups excluding carboxylic acids is 1. The summed E-state index contributed by atoms with van der Waals surface area (Å²) in [6.07, 6.45) is 42.8. The van der Waals surface area contributed by atoms with Crippen molar-refractivity contribution in [3.63, 3.8) is 0 Å². The van der Waals surface area contributed by atoms with Crippen molar-refractivity contribution >= 4 is 119 Å². The van der Waals surface area contributed by atoms with Gasteiger partial charge in [0.15, 0.2) is 23.3 Å². The van der Waals surface area contributed by atoms with E-state index in [4.69, 9.17) is 49.3 Å². The summed E-state index contributed by atoms with van der Waals surface area (Å²) in [6, 6.07) is 18.2. The summed E-state index contributed by atoms with van der Waals surface area (Å²) in [5.74, 6) is 6.68. The quantitative estimate of drug-likeness (QED) is 0.0346. The van der Waals surface area contributed by atoms with Gasteiger partial charge in [0.05, 0.1) is 110 Å². The van der Waals surface area contributed by atoms with Crippen LogP contribution in [0.1, 0.15) is 182 Å². The number of anilines is 4. The molecule has 4 fully saturated rings. The first-order valence-corrected chi connectivity index (χ1v) is 46.4. The average Bonchev–Trinajstić information content (AvgIpc) is 1.63. The van der Waals surface area contributed by atoms with Gasteiger partial charge in [-0.25, -0.2) is 39.9 Å². The van der Waals surface area contributed by atoms with Gasteiger partial charge in [-0.2, -0.15) is 37.9 Å². The van der Waals surface area contributed by atoms with Gasteiger partial charge in [-0.3, -0.25) is 23.5 Å². The topological polar surface area (TPSA) is 362 Å². The minimum Gasteiger partial charge on any atom is -0.390 e. The van der Waals surface area contributed by atoms with Crippen LogP contribution in [0.15, 0.2) is 123 Å². The molecule has 0 aliphatic heterocycles. The van der Waals surface area contributed by atoms with E-state index < -0.39 is 5.60 Å². The Bertz CT molecular complexity index is 6200. The summed E-state index contributed by atoms with van der Waals surface area (Å²) in [5, 5.41) is 45.5. The molecule has 0 saturated heterocycles. The number of nitrogens with one attached hydrogen (secondary N) is 5.